The molecule has 1 aliphatic heterocycles. The first-order valence-electron chi connectivity index (χ1n) is 7.55. The average Bonchev–Trinajstić information content (AvgIpc) is 2.50. The van der Waals surface area contributed by atoms with E-state index in [1.54, 1.807) is 7.11 Å². The summed E-state index contributed by atoms with van der Waals surface area (Å²) in [6.07, 6.45) is 3.42. The minimum absolute atomic E-state index is 0.782. The van der Waals surface area contributed by atoms with Gasteiger partial charge in [0.2, 0.25) is 0 Å². The predicted octanol–water partition coefficient (Wildman–Crippen LogP) is 1.73. The number of methoxy groups -OCH3 is 1. The Morgan fingerprint density at radius 3 is 3.00 bits per heavy atom. The molecule has 1 heterocycles. The Kier molecular flexibility index (Phi) is 6.84. The molecule has 2 N–H and O–H groups in total. The van der Waals surface area contributed by atoms with Gasteiger partial charge in [-0.25, -0.2) is 0 Å². The third-order valence-corrected chi connectivity index (χ3v) is 3.49. The summed E-state index contributed by atoms with van der Waals surface area (Å²) in [6, 6.07) is 6.55. The van der Waals surface area contributed by atoms with Crippen molar-refractivity contribution >= 4 is 0 Å². The lowest BCUT2D eigenvalue weighted by molar-refractivity contribution is 0.199. The second kappa shape index (κ2) is 8.95. The fourth-order valence-corrected chi connectivity index (χ4v) is 2.39. The zero-order valence-corrected chi connectivity index (χ0v) is 12.4. The lowest BCUT2D eigenvalue weighted by atomic mass is 10.0. The summed E-state index contributed by atoms with van der Waals surface area (Å²) in [5, 5.41) is 6.83. The number of ether oxygens (including phenoxy) is 2. The van der Waals surface area contributed by atoms with Crippen molar-refractivity contribution in [1.82, 2.24) is 10.6 Å². The van der Waals surface area contributed by atoms with Crippen LogP contribution < -0.4 is 15.4 Å². The van der Waals surface area contributed by atoms with Gasteiger partial charge in [-0.15, -0.1) is 0 Å². The van der Waals surface area contributed by atoms with Crippen LogP contribution in [0.15, 0.2) is 18.2 Å². The van der Waals surface area contributed by atoms with E-state index in [-0.39, 0.29) is 0 Å². The Labute approximate surface area is 121 Å². The first kappa shape index (κ1) is 15.3. The summed E-state index contributed by atoms with van der Waals surface area (Å²) < 4.78 is 10.6. The molecule has 1 aliphatic rings. The first-order valence-corrected chi connectivity index (χ1v) is 7.55. The second-order valence-corrected chi connectivity index (χ2v) is 5.17. The molecule has 4 nitrogen and oxygen atoms in total. The van der Waals surface area contributed by atoms with E-state index in [2.05, 4.69) is 28.8 Å². The number of hydrogen-bond acceptors (Lipinski definition) is 4. The van der Waals surface area contributed by atoms with Crippen LogP contribution >= 0.6 is 0 Å². The molecule has 0 fully saturated rings. The third kappa shape index (κ3) is 5.12. The highest BCUT2D eigenvalue weighted by Gasteiger charge is 2.09. The van der Waals surface area contributed by atoms with Gasteiger partial charge in [0.05, 0.1) is 13.2 Å². The van der Waals surface area contributed by atoms with Crippen molar-refractivity contribution in [2.24, 2.45) is 0 Å². The molecule has 0 bridgehead atoms. The van der Waals surface area contributed by atoms with Gasteiger partial charge in [0.15, 0.2) is 0 Å². The minimum atomic E-state index is 0.782. The topological polar surface area (TPSA) is 42.5 Å². The molecule has 0 spiro atoms. The highest BCUT2D eigenvalue weighted by molar-refractivity contribution is 5.38. The molecule has 112 valence electrons. The van der Waals surface area contributed by atoms with Gasteiger partial charge in [0.1, 0.15) is 5.75 Å². The van der Waals surface area contributed by atoms with E-state index in [9.17, 15) is 0 Å². The summed E-state index contributed by atoms with van der Waals surface area (Å²) in [5.74, 6) is 1.07. The number of aryl methyl sites for hydroxylation is 1. The molecule has 0 unspecified atom stereocenters. The summed E-state index contributed by atoms with van der Waals surface area (Å²) in [5.41, 5.74) is 2.71. The molecule has 1 aromatic rings. The van der Waals surface area contributed by atoms with Crippen LogP contribution in [-0.2, 0) is 17.7 Å². The standard InChI is InChI=1S/C16H26N2O2/c1-19-11-9-17-7-3-8-18-13-14-5-6-16-15(12-14)4-2-10-20-16/h5-6,12,17-18H,2-4,7-11,13H2,1H3. The molecule has 0 saturated carbocycles. The predicted molar refractivity (Wildman–Crippen MR) is 81.3 cm³/mol. The lowest BCUT2D eigenvalue weighted by Crippen LogP contribution is -2.24. The van der Waals surface area contributed by atoms with Crippen molar-refractivity contribution in [2.75, 3.05) is 40.0 Å². The van der Waals surface area contributed by atoms with E-state index in [0.717, 1.165) is 64.4 Å². The van der Waals surface area contributed by atoms with E-state index in [1.165, 1.54) is 11.1 Å². The molecule has 0 amide bonds. The minimum Gasteiger partial charge on any atom is -0.493 e. The molecule has 1 aromatic carbocycles. The maximum atomic E-state index is 5.63. The number of rotatable bonds is 9. The number of benzene rings is 1. The molecule has 20 heavy (non-hydrogen) atoms. The fourth-order valence-electron chi connectivity index (χ4n) is 2.39. The Morgan fingerprint density at radius 2 is 2.10 bits per heavy atom. The van der Waals surface area contributed by atoms with Crippen LogP contribution in [0.4, 0.5) is 0 Å². The fraction of sp³-hybridized carbons (Fsp3) is 0.625. The number of fused-ring (bicyclic) bond motifs is 1. The quantitative estimate of drug-likeness (QED) is 0.675. The van der Waals surface area contributed by atoms with Crippen molar-refractivity contribution in [1.29, 1.82) is 0 Å². The van der Waals surface area contributed by atoms with Crippen molar-refractivity contribution < 1.29 is 9.47 Å². The molecule has 0 radical (unpaired) electrons. The summed E-state index contributed by atoms with van der Waals surface area (Å²) in [7, 11) is 1.73. The molecule has 0 atom stereocenters. The lowest BCUT2D eigenvalue weighted by Gasteiger charge is -2.18. The van der Waals surface area contributed by atoms with Crippen molar-refractivity contribution in [2.45, 2.75) is 25.8 Å². The van der Waals surface area contributed by atoms with Gasteiger partial charge >= 0.3 is 0 Å². The summed E-state index contributed by atoms with van der Waals surface area (Å²) in [4.78, 5) is 0. The Morgan fingerprint density at radius 1 is 1.20 bits per heavy atom. The number of hydrogen-bond donors (Lipinski definition) is 2. The Bertz CT molecular complexity index is 396. The van der Waals surface area contributed by atoms with E-state index in [1.807, 2.05) is 0 Å². The molecule has 2 rings (SSSR count). The number of nitrogens with one attached hydrogen (secondary N) is 2. The van der Waals surface area contributed by atoms with Gasteiger partial charge in [-0.05, 0) is 49.5 Å². The van der Waals surface area contributed by atoms with Gasteiger partial charge in [-0.2, -0.15) is 0 Å². The zero-order valence-electron chi connectivity index (χ0n) is 12.4. The first-order chi connectivity index (χ1) is 9.90. The van der Waals surface area contributed by atoms with Crippen LogP contribution in [0.2, 0.25) is 0 Å². The van der Waals surface area contributed by atoms with Crippen molar-refractivity contribution in [3.05, 3.63) is 29.3 Å². The van der Waals surface area contributed by atoms with Crippen molar-refractivity contribution in [3.63, 3.8) is 0 Å². The van der Waals surface area contributed by atoms with Crippen LogP contribution in [0.25, 0.3) is 0 Å². The maximum absolute atomic E-state index is 5.63. The Hall–Kier alpha value is -1.10. The molecular weight excluding hydrogens is 252 g/mol. The molecular formula is C16H26N2O2. The van der Waals surface area contributed by atoms with Crippen LogP contribution in [0.3, 0.4) is 0 Å². The van der Waals surface area contributed by atoms with Crippen LogP contribution in [0.5, 0.6) is 5.75 Å². The molecule has 4 heteroatoms. The summed E-state index contributed by atoms with van der Waals surface area (Å²) >= 11 is 0. The second-order valence-electron chi connectivity index (χ2n) is 5.17. The van der Waals surface area contributed by atoms with Gasteiger partial charge in [-0.3, -0.25) is 0 Å². The molecule has 0 saturated heterocycles. The highest BCUT2D eigenvalue weighted by Crippen LogP contribution is 2.25. The van der Waals surface area contributed by atoms with Crippen LogP contribution in [0.1, 0.15) is 24.0 Å². The van der Waals surface area contributed by atoms with Gasteiger partial charge in [-0.1, -0.05) is 12.1 Å². The summed E-state index contributed by atoms with van der Waals surface area (Å²) in [6.45, 7) is 5.58. The van der Waals surface area contributed by atoms with E-state index in [4.69, 9.17) is 9.47 Å². The van der Waals surface area contributed by atoms with Gasteiger partial charge in [0.25, 0.3) is 0 Å². The maximum Gasteiger partial charge on any atom is 0.122 e. The van der Waals surface area contributed by atoms with E-state index >= 15 is 0 Å². The van der Waals surface area contributed by atoms with Gasteiger partial charge in [0, 0.05) is 20.2 Å². The normalized spacial score (nSPS) is 13.8. The van der Waals surface area contributed by atoms with Crippen molar-refractivity contribution in [3.8, 4) is 5.75 Å². The monoisotopic (exact) mass is 278 g/mol. The third-order valence-electron chi connectivity index (χ3n) is 3.49. The SMILES string of the molecule is COCCNCCCNCc1ccc2c(c1)CCCO2. The molecule has 0 aromatic heterocycles. The molecule has 0 aliphatic carbocycles. The van der Waals surface area contributed by atoms with Gasteiger partial charge < -0.3 is 20.1 Å². The zero-order chi connectivity index (χ0) is 14.0. The smallest absolute Gasteiger partial charge is 0.122 e. The Balaban J connectivity index is 1.60. The van der Waals surface area contributed by atoms with Crippen LogP contribution in [-0.4, -0.2) is 40.0 Å². The highest BCUT2D eigenvalue weighted by atomic mass is 16.5. The van der Waals surface area contributed by atoms with E-state index in [0.29, 0.717) is 0 Å². The van der Waals surface area contributed by atoms with Crippen LogP contribution in [0, 0.1) is 0 Å². The van der Waals surface area contributed by atoms with E-state index < -0.39 is 0 Å². The largest absolute Gasteiger partial charge is 0.493 e. The average molecular weight is 278 g/mol.